The molecule has 0 radical (unpaired) electrons. The number of carbonyl (C=O) groups is 1. The Morgan fingerprint density at radius 3 is 2.88 bits per heavy atom. The van der Waals surface area contributed by atoms with Crippen LogP contribution in [0.15, 0.2) is 47.5 Å². The Balaban J connectivity index is 1.62. The van der Waals surface area contributed by atoms with Gasteiger partial charge in [0.25, 0.3) is 0 Å². The van der Waals surface area contributed by atoms with Gasteiger partial charge in [0, 0.05) is 12.4 Å². The number of aryl methyl sites for hydroxylation is 1. The summed E-state index contributed by atoms with van der Waals surface area (Å²) in [5, 5.41) is 9.27. The Hall–Kier alpha value is -3.00. The van der Waals surface area contributed by atoms with Gasteiger partial charge in [-0.15, -0.1) is 0 Å². The lowest BCUT2D eigenvalue weighted by atomic mass is 10.1. The minimum Gasteiger partial charge on any atom is -0.300 e. The van der Waals surface area contributed by atoms with Crippen molar-refractivity contribution in [1.82, 2.24) is 19.3 Å². The van der Waals surface area contributed by atoms with Gasteiger partial charge in [-0.25, -0.2) is 14.5 Å². The van der Waals surface area contributed by atoms with Crippen molar-refractivity contribution >= 4 is 43.4 Å². The maximum atomic E-state index is 12.1. The molecule has 0 unspecified atom stereocenters. The van der Waals surface area contributed by atoms with Crippen molar-refractivity contribution in [3.8, 4) is 0 Å². The van der Waals surface area contributed by atoms with Gasteiger partial charge in [0.15, 0.2) is 5.13 Å². The first kappa shape index (κ1) is 14.6. The molecule has 0 atom stereocenters. The molecule has 24 heavy (non-hydrogen) atoms. The number of nitrogens with zero attached hydrogens (tertiary/aromatic N) is 4. The van der Waals surface area contributed by atoms with E-state index in [1.54, 1.807) is 7.05 Å². The molecule has 2 aromatic carbocycles. The summed E-state index contributed by atoms with van der Waals surface area (Å²) < 4.78 is 3.42. The molecular formula is C16H13N5O2S. The number of hydrogen-bond acceptors (Lipinski definition) is 5. The van der Waals surface area contributed by atoms with E-state index in [0.717, 1.165) is 25.7 Å². The fraction of sp³-hybridized carbons (Fsp3) is 0.125. The number of hydrogen-bond donors (Lipinski definition) is 1. The average molecular weight is 339 g/mol. The van der Waals surface area contributed by atoms with E-state index in [2.05, 4.69) is 15.4 Å². The third-order valence-electron chi connectivity index (χ3n) is 3.71. The Morgan fingerprint density at radius 1 is 1.25 bits per heavy atom. The lowest BCUT2D eigenvalue weighted by Gasteiger charge is -2.00. The molecule has 0 aliphatic rings. The van der Waals surface area contributed by atoms with Gasteiger partial charge in [-0.3, -0.25) is 9.36 Å². The topological polar surface area (TPSA) is 81.8 Å². The van der Waals surface area contributed by atoms with Crippen LogP contribution < -0.4 is 11.0 Å². The fourth-order valence-corrected chi connectivity index (χ4v) is 3.44. The van der Waals surface area contributed by atoms with Crippen molar-refractivity contribution in [1.29, 1.82) is 0 Å². The van der Waals surface area contributed by atoms with Crippen LogP contribution in [0, 0.1) is 0 Å². The summed E-state index contributed by atoms with van der Waals surface area (Å²) in [6.07, 6.45) is 1.37. The van der Waals surface area contributed by atoms with Crippen LogP contribution >= 0.6 is 11.3 Å². The van der Waals surface area contributed by atoms with E-state index in [-0.39, 0.29) is 18.1 Å². The third-order valence-corrected chi connectivity index (χ3v) is 4.65. The lowest BCUT2D eigenvalue weighted by Crippen LogP contribution is -2.29. The zero-order chi connectivity index (χ0) is 16.7. The normalized spacial score (nSPS) is 11.2. The first-order chi connectivity index (χ1) is 11.6. The standard InChI is InChI=1S/C16H13N5O2S/c1-20-9-17-21(16(20)23)8-13(22)18-15-19-14-11-5-3-2-4-10(11)6-7-12(14)24-15/h2-7,9H,8H2,1H3,(H,18,19,22). The van der Waals surface area contributed by atoms with Gasteiger partial charge >= 0.3 is 5.69 Å². The molecule has 0 fully saturated rings. The number of carbonyl (C=O) groups excluding carboxylic acids is 1. The van der Waals surface area contributed by atoms with Crippen molar-refractivity contribution in [2.24, 2.45) is 7.05 Å². The zero-order valence-electron chi connectivity index (χ0n) is 12.8. The molecule has 0 aliphatic carbocycles. The average Bonchev–Trinajstić information content (AvgIpc) is 3.13. The summed E-state index contributed by atoms with van der Waals surface area (Å²) in [5.41, 5.74) is 0.531. The molecular weight excluding hydrogens is 326 g/mol. The summed E-state index contributed by atoms with van der Waals surface area (Å²) >= 11 is 1.40. The lowest BCUT2D eigenvalue weighted by molar-refractivity contribution is -0.117. The maximum Gasteiger partial charge on any atom is 0.345 e. The van der Waals surface area contributed by atoms with E-state index in [9.17, 15) is 9.59 Å². The molecule has 4 rings (SSSR count). The van der Waals surface area contributed by atoms with Gasteiger partial charge in [-0.1, -0.05) is 41.7 Å². The number of benzene rings is 2. The maximum absolute atomic E-state index is 12.1. The van der Waals surface area contributed by atoms with E-state index in [0.29, 0.717) is 5.13 Å². The Morgan fingerprint density at radius 2 is 2.08 bits per heavy atom. The Bertz CT molecular complexity index is 1120. The molecule has 1 N–H and O–H groups in total. The van der Waals surface area contributed by atoms with Crippen LogP contribution in [0.2, 0.25) is 0 Å². The predicted octanol–water partition coefficient (Wildman–Crippen LogP) is 1.98. The summed E-state index contributed by atoms with van der Waals surface area (Å²) in [5.74, 6) is -0.334. The highest BCUT2D eigenvalue weighted by Gasteiger charge is 2.12. The van der Waals surface area contributed by atoms with Gasteiger partial charge in [0.2, 0.25) is 5.91 Å². The summed E-state index contributed by atoms with van der Waals surface area (Å²) in [6.45, 7) is -0.143. The van der Waals surface area contributed by atoms with Gasteiger partial charge in [0.1, 0.15) is 12.9 Å². The van der Waals surface area contributed by atoms with Crippen LogP contribution in [0.4, 0.5) is 5.13 Å². The number of rotatable bonds is 3. The number of fused-ring (bicyclic) bond motifs is 3. The first-order valence-corrected chi connectivity index (χ1v) is 8.10. The predicted molar refractivity (Wildman–Crippen MR) is 93.2 cm³/mol. The smallest absolute Gasteiger partial charge is 0.300 e. The first-order valence-electron chi connectivity index (χ1n) is 7.28. The molecule has 0 saturated carbocycles. The van der Waals surface area contributed by atoms with Crippen LogP contribution in [-0.2, 0) is 18.4 Å². The second-order valence-corrected chi connectivity index (χ2v) is 6.41. The molecule has 120 valence electrons. The van der Waals surface area contributed by atoms with Gasteiger partial charge < -0.3 is 5.32 Å². The highest BCUT2D eigenvalue weighted by molar-refractivity contribution is 7.22. The van der Waals surface area contributed by atoms with E-state index >= 15 is 0 Å². The van der Waals surface area contributed by atoms with E-state index in [4.69, 9.17) is 0 Å². The fourth-order valence-electron chi connectivity index (χ4n) is 2.54. The van der Waals surface area contributed by atoms with E-state index in [1.807, 2.05) is 36.4 Å². The minimum atomic E-state index is -0.334. The van der Waals surface area contributed by atoms with Gasteiger partial charge in [-0.05, 0) is 11.5 Å². The highest BCUT2D eigenvalue weighted by Crippen LogP contribution is 2.31. The van der Waals surface area contributed by atoms with Crippen LogP contribution in [0.1, 0.15) is 0 Å². The van der Waals surface area contributed by atoms with E-state index < -0.39 is 0 Å². The van der Waals surface area contributed by atoms with Crippen molar-refractivity contribution in [2.75, 3.05) is 5.32 Å². The molecule has 8 heteroatoms. The summed E-state index contributed by atoms with van der Waals surface area (Å²) in [7, 11) is 1.59. The molecule has 2 heterocycles. The van der Waals surface area contributed by atoms with Gasteiger partial charge in [-0.2, -0.15) is 5.10 Å². The summed E-state index contributed by atoms with van der Waals surface area (Å²) in [6, 6.07) is 12.0. The SMILES string of the molecule is Cn1cnn(CC(=O)Nc2nc3c(ccc4ccccc43)s2)c1=O. The molecule has 0 spiro atoms. The number of aromatic nitrogens is 4. The van der Waals surface area contributed by atoms with Crippen molar-refractivity contribution < 1.29 is 4.79 Å². The number of amides is 1. The second-order valence-electron chi connectivity index (χ2n) is 5.38. The molecule has 0 aliphatic heterocycles. The van der Waals surface area contributed by atoms with Crippen LogP contribution in [0.3, 0.4) is 0 Å². The van der Waals surface area contributed by atoms with Crippen LogP contribution in [0.5, 0.6) is 0 Å². The highest BCUT2D eigenvalue weighted by atomic mass is 32.1. The minimum absolute atomic E-state index is 0.143. The quantitative estimate of drug-likeness (QED) is 0.619. The molecule has 0 bridgehead atoms. The Labute approximate surface area is 140 Å². The van der Waals surface area contributed by atoms with Crippen molar-refractivity contribution in [3.63, 3.8) is 0 Å². The van der Waals surface area contributed by atoms with Crippen molar-refractivity contribution in [3.05, 3.63) is 53.2 Å². The van der Waals surface area contributed by atoms with Gasteiger partial charge in [0.05, 0.1) is 10.2 Å². The number of nitrogens with one attached hydrogen (secondary N) is 1. The number of thiazole rings is 1. The largest absolute Gasteiger partial charge is 0.345 e. The molecule has 4 aromatic rings. The second kappa shape index (κ2) is 5.57. The molecule has 2 aromatic heterocycles. The Kier molecular flexibility index (Phi) is 3.39. The zero-order valence-corrected chi connectivity index (χ0v) is 13.6. The molecule has 1 amide bonds. The molecule has 7 nitrogen and oxygen atoms in total. The number of anilines is 1. The third kappa shape index (κ3) is 2.46. The van der Waals surface area contributed by atoms with Crippen LogP contribution in [0.25, 0.3) is 21.0 Å². The monoisotopic (exact) mass is 339 g/mol. The summed E-state index contributed by atoms with van der Waals surface area (Å²) in [4.78, 5) is 28.4. The van der Waals surface area contributed by atoms with Crippen molar-refractivity contribution in [2.45, 2.75) is 6.54 Å². The molecule has 0 saturated heterocycles. The van der Waals surface area contributed by atoms with Crippen LogP contribution in [-0.4, -0.2) is 25.2 Å². The van der Waals surface area contributed by atoms with E-state index in [1.165, 1.54) is 22.2 Å².